The number of carbonyl (C=O) groups is 2. The Morgan fingerprint density at radius 1 is 1.07 bits per heavy atom. The second kappa shape index (κ2) is 7.17. The lowest BCUT2D eigenvalue weighted by Gasteiger charge is -2.59. The molecule has 1 N–H and O–H groups in total. The van der Waals surface area contributed by atoms with Crippen molar-refractivity contribution in [3.05, 3.63) is 29.8 Å². The Bertz CT molecular complexity index is 676. The van der Waals surface area contributed by atoms with Crippen molar-refractivity contribution in [2.45, 2.75) is 51.5 Å². The van der Waals surface area contributed by atoms with Crippen molar-refractivity contribution >= 4 is 11.9 Å². The Morgan fingerprint density at radius 3 is 2.15 bits per heavy atom. The third-order valence-corrected chi connectivity index (χ3v) is 7.03. The lowest BCUT2D eigenvalue weighted by Crippen LogP contribution is -2.56. The van der Waals surface area contributed by atoms with Crippen molar-refractivity contribution < 1.29 is 19.1 Å². The Labute approximate surface area is 160 Å². The summed E-state index contributed by atoms with van der Waals surface area (Å²) < 4.78 is 10.3. The zero-order chi connectivity index (χ0) is 19.0. The predicted molar refractivity (Wildman–Crippen MR) is 101 cm³/mol. The van der Waals surface area contributed by atoms with Crippen LogP contribution in [-0.4, -0.2) is 31.6 Å². The second-order valence-electron chi connectivity index (χ2n) is 8.87. The van der Waals surface area contributed by atoms with E-state index < -0.39 is 0 Å². The molecule has 0 saturated heterocycles. The number of methoxy groups -OCH3 is 1. The van der Waals surface area contributed by atoms with E-state index in [2.05, 4.69) is 17.0 Å². The second-order valence-corrected chi connectivity index (χ2v) is 8.87. The van der Waals surface area contributed by atoms with E-state index in [-0.39, 0.29) is 24.5 Å². The number of carbonyl (C=O) groups excluding carboxylic acids is 2. The topological polar surface area (TPSA) is 64.6 Å². The summed E-state index contributed by atoms with van der Waals surface area (Å²) >= 11 is 0. The molecule has 0 heterocycles. The number of ether oxygens (including phenoxy) is 2. The van der Waals surface area contributed by atoms with Gasteiger partial charge in [0, 0.05) is 6.04 Å². The highest BCUT2D eigenvalue weighted by atomic mass is 16.5. The van der Waals surface area contributed by atoms with Gasteiger partial charge < -0.3 is 14.8 Å². The SMILES string of the molecule is COC(=O)c1ccc(OCC(=O)N[C@@H](C)C23CC4CC(CC(C4)C2)C3)cc1. The first-order valence-electron chi connectivity index (χ1n) is 10.1. The van der Waals surface area contributed by atoms with Gasteiger partial charge in [-0.15, -0.1) is 0 Å². The molecule has 0 aromatic heterocycles. The van der Waals surface area contributed by atoms with Gasteiger partial charge in [-0.3, -0.25) is 4.79 Å². The number of amides is 1. The Hall–Kier alpha value is -2.04. The van der Waals surface area contributed by atoms with E-state index in [9.17, 15) is 9.59 Å². The molecule has 4 bridgehead atoms. The maximum absolute atomic E-state index is 12.4. The van der Waals surface area contributed by atoms with Crippen molar-refractivity contribution in [2.24, 2.45) is 23.2 Å². The van der Waals surface area contributed by atoms with Gasteiger partial charge in [-0.25, -0.2) is 4.79 Å². The summed E-state index contributed by atoms with van der Waals surface area (Å²) in [5.74, 6) is 2.74. The average molecular weight is 371 g/mol. The average Bonchev–Trinajstić information content (AvgIpc) is 2.65. The highest BCUT2D eigenvalue weighted by molar-refractivity contribution is 5.89. The molecule has 1 aromatic rings. The molecular weight excluding hydrogens is 342 g/mol. The predicted octanol–water partition coefficient (Wildman–Crippen LogP) is 3.57. The molecule has 5 heteroatoms. The zero-order valence-corrected chi connectivity index (χ0v) is 16.2. The molecule has 1 aromatic carbocycles. The minimum absolute atomic E-state index is 0.00568. The monoisotopic (exact) mass is 371 g/mol. The minimum atomic E-state index is -0.385. The van der Waals surface area contributed by atoms with Crippen LogP contribution >= 0.6 is 0 Å². The zero-order valence-electron chi connectivity index (χ0n) is 16.2. The molecule has 4 saturated carbocycles. The molecule has 5 nitrogen and oxygen atoms in total. The Morgan fingerprint density at radius 2 is 1.63 bits per heavy atom. The molecule has 1 atom stereocenters. The van der Waals surface area contributed by atoms with E-state index in [1.54, 1.807) is 24.3 Å². The van der Waals surface area contributed by atoms with Crippen LogP contribution in [-0.2, 0) is 9.53 Å². The van der Waals surface area contributed by atoms with Gasteiger partial charge in [-0.2, -0.15) is 0 Å². The summed E-state index contributed by atoms with van der Waals surface area (Å²) in [5.41, 5.74) is 0.761. The molecule has 0 radical (unpaired) electrons. The van der Waals surface area contributed by atoms with Gasteiger partial charge in [0.1, 0.15) is 5.75 Å². The Kier molecular flexibility index (Phi) is 4.87. The minimum Gasteiger partial charge on any atom is -0.484 e. The first-order valence-corrected chi connectivity index (χ1v) is 10.1. The molecular formula is C22H29NO4. The normalized spacial score (nSPS) is 32.0. The fraction of sp³-hybridized carbons (Fsp3) is 0.636. The van der Waals surface area contributed by atoms with Crippen LogP contribution in [0.4, 0.5) is 0 Å². The maximum atomic E-state index is 12.4. The fourth-order valence-corrected chi connectivity index (χ4v) is 6.10. The van der Waals surface area contributed by atoms with Gasteiger partial charge in [0.15, 0.2) is 6.61 Å². The van der Waals surface area contributed by atoms with Crippen LogP contribution < -0.4 is 10.1 Å². The molecule has 0 aliphatic heterocycles. The van der Waals surface area contributed by atoms with Crippen LogP contribution in [0.2, 0.25) is 0 Å². The number of nitrogens with one attached hydrogen (secondary N) is 1. The van der Waals surface area contributed by atoms with Crippen LogP contribution in [0.15, 0.2) is 24.3 Å². The first kappa shape index (κ1) is 18.3. The van der Waals surface area contributed by atoms with E-state index in [0.29, 0.717) is 16.7 Å². The summed E-state index contributed by atoms with van der Waals surface area (Å²) in [7, 11) is 1.35. The molecule has 4 fully saturated rings. The molecule has 0 spiro atoms. The highest BCUT2D eigenvalue weighted by Gasteiger charge is 2.53. The lowest BCUT2D eigenvalue weighted by molar-refractivity contribution is -0.127. The van der Waals surface area contributed by atoms with E-state index in [1.165, 1.54) is 45.6 Å². The van der Waals surface area contributed by atoms with Crippen LogP contribution in [0.25, 0.3) is 0 Å². The van der Waals surface area contributed by atoms with Crippen molar-refractivity contribution in [1.29, 1.82) is 0 Å². The summed E-state index contributed by atoms with van der Waals surface area (Å²) in [5, 5.41) is 3.21. The van der Waals surface area contributed by atoms with Crippen LogP contribution in [0.1, 0.15) is 55.8 Å². The van der Waals surface area contributed by atoms with Crippen molar-refractivity contribution in [2.75, 3.05) is 13.7 Å². The van der Waals surface area contributed by atoms with Gasteiger partial charge in [-0.1, -0.05) is 0 Å². The third kappa shape index (κ3) is 3.69. The van der Waals surface area contributed by atoms with Crippen molar-refractivity contribution in [3.8, 4) is 5.75 Å². The van der Waals surface area contributed by atoms with Crippen LogP contribution in [0, 0.1) is 23.2 Å². The smallest absolute Gasteiger partial charge is 0.337 e. The summed E-state index contributed by atoms with van der Waals surface area (Å²) in [6, 6.07) is 6.84. The molecule has 0 unspecified atom stereocenters. The number of esters is 1. The van der Waals surface area contributed by atoms with E-state index in [1.807, 2.05) is 0 Å². The Balaban J connectivity index is 1.30. The third-order valence-electron chi connectivity index (χ3n) is 7.03. The summed E-state index contributed by atoms with van der Waals surface area (Å²) in [6.07, 6.45) is 8.04. The summed E-state index contributed by atoms with van der Waals surface area (Å²) in [6.45, 7) is 2.17. The van der Waals surface area contributed by atoms with Gasteiger partial charge >= 0.3 is 5.97 Å². The number of rotatable bonds is 6. The van der Waals surface area contributed by atoms with Gasteiger partial charge in [0.05, 0.1) is 12.7 Å². The lowest BCUT2D eigenvalue weighted by atomic mass is 9.48. The highest BCUT2D eigenvalue weighted by Crippen LogP contribution is 2.61. The van der Waals surface area contributed by atoms with Gasteiger partial charge in [0.25, 0.3) is 5.91 Å². The van der Waals surface area contributed by atoms with Crippen molar-refractivity contribution in [1.82, 2.24) is 5.32 Å². The van der Waals surface area contributed by atoms with E-state index >= 15 is 0 Å². The number of hydrogen-bond acceptors (Lipinski definition) is 4. The maximum Gasteiger partial charge on any atom is 0.337 e. The molecule has 146 valence electrons. The standard InChI is InChI=1S/C22H29NO4/c1-14(22-10-15-7-16(11-22)9-17(8-15)12-22)23-20(24)13-27-19-5-3-18(4-6-19)21(25)26-2/h3-6,14-17H,7-13H2,1-2H3,(H,23,24)/t14-,15?,16?,17?,22?/m0/s1. The largest absolute Gasteiger partial charge is 0.484 e. The van der Waals surface area contributed by atoms with E-state index in [4.69, 9.17) is 4.74 Å². The van der Waals surface area contributed by atoms with E-state index in [0.717, 1.165) is 17.8 Å². The van der Waals surface area contributed by atoms with Crippen LogP contribution in [0.5, 0.6) is 5.75 Å². The molecule has 4 aliphatic carbocycles. The first-order chi connectivity index (χ1) is 13.0. The fourth-order valence-electron chi connectivity index (χ4n) is 6.10. The molecule has 4 aliphatic rings. The van der Waals surface area contributed by atoms with Gasteiger partial charge in [0.2, 0.25) is 0 Å². The number of hydrogen-bond donors (Lipinski definition) is 1. The van der Waals surface area contributed by atoms with Crippen molar-refractivity contribution in [3.63, 3.8) is 0 Å². The number of benzene rings is 1. The van der Waals surface area contributed by atoms with Gasteiger partial charge in [-0.05, 0) is 92.9 Å². The molecule has 5 rings (SSSR count). The van der Waals surface area contributed by atoms with Crippen LogP contribution in [0.3, 0.4) is 0 Å². The quantitative estimate of drug-likeness (QED) is 0.777. The molecule has 1 amide bonds. The molecule has 27 heavy (non-hydrogen) atoms. The summed E-state index contributed by atoms with van der Waals surface area (Å²) in [4.78, 5) is 23.9.